The highest BCUT2D eigenvalue weighted by atomic mass is 16.5. The minimum absolute atomic E-state index is 0.337. The highest BCUT2D eigenvalue weighted by molar-refractivity contribution is 5.96. The smallest absolute Gasteiger partial charge is 0.339 e. The highest BCUT2D eigenvalue weighted by Crippen LogP contribution is 2.17. The lowest BCUT2D eigenvalue weighted by Gasteiger charge is -2.11. The molecule has 2 aromatic rings. The lowest BCUT2D eigenvalue weighted by Crippen LogP contribution is -2.22. The first-order chi connectivity index (χ1) is 10.8. The zero-order valence-corrected chi connectivity index (χ0v) is 14.1. The number of nitrogens with one attached hydrogen (secondary N) is 1. The monoisotopic (exact) mass is 315 g/mol. The molecular formula is C17H21N3O3. The predicted molar refractivity (Wildman–Crippen MR) is 87.5 cm³/mol. The lowest BCUT2D eigenvalue weighted by atomic mass is 10.00. The van der Waals surface area contributed by atoms with Crippen molar-refractivity contribution in [3.63, 3.8) is 0 Å². The third-order valence-corrected chi connectivity index (χ3v) is 3.48. The van der Waals surface area contributed by atoms with Gasteiger partial charge in [-0.05, 0) is 38.8 Å². The van der Waals surface area contributed by atoms with Crippen LogP contribution in [0.25, 0.3) is 0 Å². The van der Waals surface area contributed by atoms with Gasteiger partial charge < -0.3 is 10.1 Å². The minimum atomic E-state index is -0.490. The Bertz CT molecular complexity index is 739. The van der Waals surface area contributed by atoms with E-state index >= 15 is 0 Å². The van der Waals surface area contributed by atoms with Crippen LogP contribution in [0.3, 0.4) is 0 Å². The van der Waals surface area contributed by atoms with Crippen LogP contribution in [0.4, 0.5) is 5.82 Å². The van der Waals surface area contributed by atoms with Gasteiger partial charge in [-0.3, -0.25) is 9.48 Å². The number of hydrogen-bond donors (Lipinski definition) is 1. The SMILES string of the molecule is Cc1cc(C)c(C(=O)OCC(=O)Nc2cc(C)nn2C)c(C)c1. The van der Waals surface area contributed by atoms with Gasteiger partial charge in [0.2, 0.25) is 0 Å². The maximum Gasteiger partial charge on any atom is 0.339 e. The van der Waals surface area contributed by atoms with Crippen LogP contribution in [0.1, 0.15) is 32.7 Å². The molecule has 23 heavy (non-hydrogen) atoms. The van der Waals surface area contributed by atoms with E-state index in [1.807, 2.05) is 39.8 Å². The summed E-state index contributed by atoms with van der Waals surface area (Å²) in [5.74, 6) is -0.327. The number of anilines is 1. The summed E-state index contributed by atoms with van der Waals surface area (Å²) in [6.45, 7) is 7.18. The standard InChI is InChI=1S/C17H21N3O3/c1-10-6-11(2)16(12(3)7-10)17(22)23-9-15(21)18-14-8-13(4)19-20(14)5/h6-8H,9H2,1-5H3,(H,18,21). The van der Waals surface area contributed by atoms with Gasteiger partial charge in [-0.2, -0.15) is 5.10 Å². The number of nitrogens with zero attached hydrogens (tertiary/aromatic N) is 2. The molecule has 1 heterocycles. The number of carbonyl (C=O) groups excluding carboxylic acids is 2. The van der Waals surface area contributed by atoms with Crippen molar-refractivity contribution in [2.24, 2.45) is 7.05 Å². The maximum atomic E-state index is 12.2. The minimum Gasteiger partial charge on any atom is -0.452 e. The van der Waals surface area contributed by atoms with E-state index < -0.39 is 11.9 Å². The van der Waals surface area contributed by atoms with E-state index in [1.165, 1.54) is 0 Å². The zero-order valence-electron chi connectivity index (χ0n) is 14.1. The first kappa shape index (κ1) is 16.7. The Balaban J connectivity index is 1.99. The zero-order chi connectivity index (χ0) is 17.1. The second kappa shape index (κ2) is 6.64. The molecule has 1 N–H and O–H groups in total. The molecule has 122 valence electrons. The highest BCUT2D eigenvalue weighted by Gasteiger charge is 2.16. The predicted octanol–water partition coefficient (Wildman–Crippen LogP) is 2.45. The van der Waals surface area contributed by atoms with Gasteiger partial charge in [0, 0.05) is 13.1 Å². The van der Waals surface area contributed by atoms with E-state index in [-0.39, 0.29) is 6.61 Å². The molecule has 0 aliphatic rings. The van der Waals surface area contributed by atoms with Crippen LogP contribution in [0, 0.1) is 27.7 Å². The van der Waals surface area contributed by atoms with Crippen molar-refractivity contribution in [3.8, 4) is 0 Å². The fraction of sp³-hybridized carbons (Fsp3) is 0.353. The van der Waals surface area contributed by atoms with Crippen LogP contribution >= 0.6 is 0 Å². The van der Waals surface area contributed by atoms with Crippen molar-refractivity contribution >= 4 is 17.7 Å². The molecule has 6 nitrogen and oxygen atoms in total. The number of aromatic nitrogens is 2. The van der Waals surface area contributed by atoms with Crippen LogP contribution in [0.2, 0.25) is 0 Å². The Hall–Kier alpha value is -2.63. The third kappa shape index (κ3) is 3.97. The number of aryl methyl sites for hydroxylation is 5. The number of carbonyl (C=O) groups is 2. The number of ether oxygens (including phenoxy) is 1. The Labute approximate surface area is 135 Å². The van der Waals surface area contributed by atoms with Crippen molar-refractivity contribution in [2.45, 2.75) is 27.7 Å². The summed E-state index contributed by atoms with van der Waals surface area (Å²) in [5.41, 5.74) is 4.08. The topological polar surface area (TPSA) is 73.2 Å². The van der Waals surface area contributed by atoms with E-state index in [0.717, 1.165) is 22.4 Å². The average molecular weight is 315 g/mol. The molecule has 6 heteroatoms. The Morgan fingerprint density at radius 3 is 2.26 bits per heavy atom. The molecule has 2 rings (SSSR count). The van der Waals surface area contributed by atoms with Gasteiger partial charge in [0.05, 0.1) is 11.3 Å². The summed E-state index contributed by atoms with van der Waals surface area (Å²) in [7, 11) is 1.73. The fourth-order valence-electron chi connectivity index (χ4n) is 2.61. The summed E-state index contributed by atoms with van der Waals surface area (Å²) in [5, 5.41) is 6.79. The van der Waals surface area contributed by atoms with E-state index in [4.69, 9.17) is 4.74 Å². The van der Waals surface area contributed by atoms with E-state index in [2.05, 4.69) is 10.4 Å². The summed E-state index contributed by atoms with van der Waals surface area (Å²) < 4.78 is 6.69. The molecule has 0 spiro atoms. The molecule has 0 saturated heterocycles. The van der Waals surface area contributed by atoms with Gasteiger partial charge in [0.15, 0.2) is 6.61 Å². The number of rotatable bonds is 4. The molecule has 1 aromatic heterocycles. The van der Waals surface area contributed by atoms with Crippen LogP contribution < -0.4 is 5.32 Å². The Morgan fingerprint density at radius 1 is 1.13 bits per heavy atom. The van der Waals surface area contributed by atoms with Crippen LogP contribution in [-0.2, 0) is 16.6 Å². The second-order valence-electron chi connectivity index (χ2n) is 5.69. The van der Waals surface area contributed by atoms with Crippen molar-refractivity contribution in [2.75, 3.05) is 11.9 Å². The first-order valence-corrected chi connectivity index (χ1v) is 7.33. The number of amides is 1. The second-order valence-corrected chi connectivity index (χ2v) is 5.69. The van der Waals surface area contributed by atoms with Crippen LogP contribution in [0.15, 0.2) is 18.2 Å². The van der Waals surface area contributed by atoms with Gasteiger partial charge in [-0.15, -0.1) is 0 Å². The largest absolute Gasteiger partial charge is 0.452 e. The number of esters is 1. The lowest BCUT2D eigenvalue weighted by molar-refractivity contribution is -0.119. The average Bonchev–Trinajstić information content (AvgIpc) is 2.73. The molecular weight excluding hydrogens is 294 g/mol. The van der Waals surface area contributed by atoms with Crippen molar-refractivity contribution in [3.05, 3.63) is 46.1 Å². The molecule has 0 aliphatic heterocycles. The van der Waals surface area contributed by atoms with Gasteiger partial charge in [0.1, 0.15) is 5.82 Å². The van der Waals surface area contributed by atoms with E-state index in [1.54, 1.807) is 17.8 Å². The van der Waals surface area contributed by atoms with Crippen molar-refractivity contribution < 1.29 is 14.3 Å². The third-order valence-electron chi connectivity index (χ3n) is 3.48. The fourth-order valence-corrected chi connectivity index (χ4v) is 2.61. The Kier molecular flexibility index (Phi) is 4.83. The van der Waals surface area contributed by atoms with E-state index in [0.29, 0.717) is 11.4 Å². The summed E-state index contributed by atoms with van der Waals surface area (Å²) in [6.07, 6.45) is 0. The van der Waals surface area contributed by atoms with Gasteiger partial charge in [-0.25, -0.2) is 4.79 Å². The molecule has 0 fully saturated rings. The summed E-state index contributed by atoms with van der Waals surface area (Å²) >= 11 is 0. The molecule has 1 amide bonds. The number of hydrogen-bond acceptors (Lipinski definition) is 4. The van der Waals surface area contributed by atoms with Gasteiger partial charge >= 0.3 is 5.97 Å². The summed E-state index contributed by atoms with van der Waals surface area (Å²) in [4.78, 5) is 24.1. The molecule has 0 atom stereocenters. The van der Waals surface area contributed by atoms with Crippen molar-refractivity contribution in [1.82, 2.24) is 9.78 Å². The quantitative estimate of drug-likeness (QED) is 0.880. The molecule has 0 unspecified atom stereocenters. The molecule has 0 aliphatic carbocycles. The van der Waals surface area contributed by atoms with E-state index in [9.17, 15) is 9.59 Å². The summed E-state index contributed by atoms with van der Waals surface area (Å²) in [6, 6.07) is 5.58. The van der Waals surface area contributed by atoms with Crippen molar-refractivity contribution in [1.29, 1.82) is 0 Å². The normalized spacial score (nSPS) is 10.5. The molecule has 0 radical (unpaired) electrons. The molecule has 1 aromatic carbocycles. The maximum absolute atomic E-state index is 12.2. The van der Waals surface area contributed by atoms with Crippen LogP contribution in [0.5, 0.6) is 0 Å². The first-order valence-electron chi connectivity index (χ1n) is 7.33. The number of benzene rings is 1. The molecule has 0 bridgehead atoms. The Morgan fingerprint density at radius 2 is 1.74 bits per heavy atom. The van der Waals surface area contributed by atoms with Crippen LogP contribution in [-0.4, -0.2) is 28.3 Å². The molecule has 0 saturated carbocycles. The van der Waals surface area contributed by atoms with Gasteiger partial charge in [0.25, 0.3) is 5.91 Å². The van der Waals surface area contributed by atoms with Gasteiger partial charge in [-0.1, -0.05) is 17.7 Å².